The lowest BCUT2D eigenvalue weighted by molar-refractivity contribution is -0.122. The number of carbonyl (C=O) groups is 1. The van der Waals surface area contributed by atoms with Gasteiger partial charge in [0.05, 0.1) is 0 Å². The molecule has 0 bridgehead atoms. The summed E-state index contributed by atoms with van der Waals surface area (Å²) in [5, 5.41) is 3.59. The first-order valence-electron chi connectivity index (χ1n) is 6.84. The molecule has 0 fully saturated rings. The normalized spacial score (nSPS) is 13.5. The summed E-state index contributed by atoms with van der Waals surface area (Å²) in [6, 6.07) is 9.94. The molecule has 23 heavy (non-hydrogen) atoms. The van der Waals surface area contributed by atoms with Crippen LogP contribution in [-0.2, 0) is 4.79 Å². The summed E-state index contributed by atoms with van der Waals surface area (Å²) in [6.07, 6.45) is -0.715. The molecule has 2 aromatic rings. The van der Waals surface area contributed by atoms with Crippen LogP contribution in [0.1, 0.15) is 6.92 Å². The van der Waals surface area contributed by atoms with Crippen molar-refractivity contribution in [1.29, 1.82) is 0 Å². The Morgan fingerprint density at radius 1 is 1.13 bits per heavy atom. The molecule has 1 amide bonds. The third-order valence-electron chi connectivity index (χ3n) is 3.16. The van der Waals surface area contributed by atoms with Crippen molar-refractivity contribution in [3.63, 3.8) is 0 Å². The van der Waals surface area contributed by atoms with Gasteiger partial charge in [-0.15, -0.1) is 0 Å². The second-order valence-corrected chi connectivity index (χ2v) is 5.80. The molecule has 0 aromatic heterocycles. The van der Waals surface area contributed by atoms with Crippen molar-refractivity contribution in [1.82, 2.24) is 0 Å². The summed E-state index contributed by atoms with van der Waals surface area (Å²) in [5.74, 6) is 1.45. The lowest BCUT2D eigenvalue weighted by atomic mass is 10.2. The van der Waals surface area contributed by atoms with Crippen molar-refractivity contribution in [3.05, 3.63) is 46.4 Å². The van der Waals surface area contributed by atoms with Crippen molar-refractivity contribution >= 4 is 34.8 Å². The van der Waals surface area contributed by atoms with Crippen LogP contribution in [0.5, 0.6) is 17.2 Å². The monoisotopic (exact) mass is 353 g/mol. The molecular formula is C16H13Cl2NO4. The summed E-state index contributed by atoms with van der Waals surface area (Å²) in [4.78, 5) is 12.2. The van der Waals surface area contributed by atoms with Crippen LogP contribution < -0.4 is 19.5 Å². The molecule has 2 aromatic carbocycles. The van der Waals surface area contributed by atoms with Crippen molar-refractivity contribution < 1.29 is 19.0 Å². The van der Waals surface area contributed by atoms with Crippen molar-refractivity contribution in [3.8, 4) is 17.2 Å². The molecular weight excluding hydrogens is 341 g/mol. The van der Waals surface area contributed by atoms with Crippen LogP contribution >= 0.6 is 23.2 Å². The summed E-state index contributed by atoms with van der Waals surface area (Å²) in [6.45, 7) is 1.83. The standard InChI is InChI=1S/C16H13Cl2NO4/c1-9(16(20)19-12-5-10(17)4-11(18)6-12)23-13-2-3-14-15(7-13)22-8-21-14/h2-7,9H,8H2,1H3,(H,19,20). The van der Waals surface area contributed by atoms with Gasteiger partial charge in [0.1, 0.15) is 5.75 Å². The zero-order chi connectivity index (χ0) is 16.4. The maximum Gasteiger partial charge on any atom is 0.265 e. The third kappa shape index (κ3) is 3.81. The highest BCUT2D eigenvalue weighted by Gasteiger charge is 2.18. The van der Waals surface area contributed by atoms with Gasteiger partial charge in [-0.1, -0.05) is 23.2 Å². The van der Waals surface area contributed by atoms with Gasteiger partial charge < -0.3 is 19.5 Å². The zero-order valence-electron chi connectivity index (χ0n) is 12.1. The van der Waals surface area contributed by atoms with Gasteiger partial charge in [-0.2, -0.15) is 0 Å². The van der Waals surface area contributed by atoms with Gasteiger partial charge in [-0.3, -0.25) is 4.79 Å². The molecule has 0 spiro atoms. The lowest BCUT2D eigenvalue weighted by Gasteiger charge is -2.15. The molecule has 1 aliphatic heterocycles. The Bertz CT molecular complexity index is 731. The van der Waals surface area contributed by atoms with E-state index < -0.39 is 6.10 Å². The van der Waals surface area contributed by atoms with E-state index in [0.717, 1.165) is 0 Å². The smallest absolute Gasteiger partial charge is 0.265 e. The molecule has 1 N–H and O–H groups in total. The van der Waals surface area contributed by atoms with Gasteiger partial charge in [0.2, 0.25) is 6.79 Å². The fourth-order valence-electron chi connectivity index (χ4n) is 2.08. The van der Waals surface area contributed by atoms with Gasteiger partial charge >= 0.3 is 0 Å². The van der Waals surface area contributed by atoms with Crippen LogP contribution in [0.3, 0.4) is 0 Å². The number of hydrogen-bond donors (Lipinski definition) is 1. The van der Waals surface area contributed by atoms with E-state index >= 15 is 0 Å². The first-order valence-corrected chi connectivity index (χ1v) is 7.60. The average Bonchev–Trinajstić information content (AvgIpc) is 2.93. The highest BCUT2D eigenvalue weighted by atomic mass is 35.5. The number of halogens is 2. The van der Waals surface area contributed by atoms with Gasteiger partial charge in [0.15, 0.2) is 17.6 Å². The molecule has 1 atom stereocenters. The summed E-state index contributed by atoms with van der Waals surface area (Å²) in [7, 11) is 0. The van der Waals surface area contributed by atoms with Crippen LogP contribution in [0.15, 0.2) is 36.4 Å². The predicted octanol–water partition coefficient (Wildman–Crippen LogP) is 4.13. The molecule has 0 aliphatic carbocycles. The quantitative estimate of drug-likeness (QED) is 0.897. The van der Waals surface area contributed by atoms with Crippen LogP contribution in [0.25, 0.3) is 0 Å². The van der Waals surface area contributed by atoms with E-state index in [9.17, 15) is 4.79 Å². The van der Waals surface area contributed by atoms with Gasteiger partial charge in [-0.25, -0.2) is 0 Å². The number of benzene rings is 2. The van der Waals surface area contributed by atoms with E-state index in [1.54, 1.807) is 43.3 Å². The van der Waals surface area contributed by atoms with Gasteiger partial charge in [0, 0.05) is 21.8 Å². The van der Waals surface area contributed by atoms with E-state index in [4.69, 9.17) is 37.4 Å². The number of carbonyl (C=O) groups excluding carboxylic acids is 1. The van der Waals surface area contributed by atoms with Gasteiger partial charge in [0.25, 0.3) is 5.91 Å². The van der Waals surface area contributed by atoms with Crippen molar-refractivity contribution in [2.45, 2.75) is 13.0 Å². The largest absolute Gasteiger partial charge is 0.481 e. The highest BCUT2D eigenvalue weighted by Crippen LogP contribution is 2.35. The number of hydrogen-bond acceptors (Lipinski definition) is 4. The van der Waals surface area contributed by atoms with E-state index in [-0.39, 0.29) is 12.7 Å². The van der Waals surface area contributed by atoms with Gasteiger partial charge in [-0.05, 0) is 37.3 Å². The topological polar surface area (TPSA) is 56.8 Å². The van der Waals surface area contributed by atoms with E-state index in [2.05, 4.69) is 5.32 Å². The molecule has 3 rings (SSSR count). The minimum absolute atomic E-state index is 0.185. The molecule has 5 nitrogen and oxygen atoms in total. The molecule has 120 valence electrons. The summed E-state index contributed by atoms with van der Waals surface area (Å²) in [5.41, 5.74) is 0.508. The first-order chi connectivity index (χ1) is 11.0. The molecule has 0 saturated carbocycles. The first kappa shape index (κ1) is 15.8. The minimum Gasteiger partial charge on any atom is -0.481 e. The van der Waals surface area contributed by atoms with Crippen LogP contribution in [0.4, 0.5) is 5.69 Å². The Morgan fingerprint density at radius 2 is 1.83 bits per heavy atom. The van der Waals surface area contributed by atoms with Crippen molar-refractivity contribution in [2.24, 2.45) is 0 Å². The fourth-order valence-corrected chi connectivity index (χ4v) is 2.60. The maximum absolute atomic E-state index is 12.2. The van der Waals surface area contributed by atoms with E-state index in [0.29, 0.717) is 33.0 Å². The minimum atomic E-state index is -0.715. The maximum atomic E-state index is 12.2. The number of nitrogens with one attached hydrogen (secondary N) is 1. The van der Waals surface area contributed by atoms with Crippen LogP contribution in [-0.4, -0.2) is 18.8 Å². The molecule has 0 radical (unpaired) electrons. The summed E-state index contributed by atoms with van der Waals surface area (Å²) < 4.78 is 16.1. The SMILES string of the molecule is CC(Oc1ccc2c(c1)OCO2)C(=O)Nc1cc(Cl)cc(Cl)c1. The fraction of sp³-hybridized carbons (Fsp3) is 0.188. The summed E-state index contributed by atoms with van der Waals surface area (Å²) >= 11 is 11.8. The zero-order valence-corrected chi connectivity index (χ0v) is 13.6. The van der Waals surface area contributed by atoms with Crippen molar-refractivity contribution in [2.75, 3.05) is 12.1 Å². The Balaban J connectivity index is 1.65. The number of rotatable bonds is 4. The number of amides is 1. The second-order valence-electron chi connectivity index (χ2n) is 4.92. The molecule has 7 heteroatoms. The molecule has 1 aliphatic rings. The average molecular weight is 354 g/mol. The Morgan fingerprint density at radius 3 is 2.57 bits per heavy atom. The Labute approximate surface area is 143 Å². The Hall–Kier alpha value is -2.11. The van der Waals surface area contributed by atoms with E-state index in [1.807, 2.05) is 0 Å². The second kappa shape index (κ2) is 6.56. The Kier molecular flexibility index (Phi) is 4.50. The predicted molar refractivity (Wildman–Crippen MR) is 87.7 cm³/mol. The third-order valence-corrected chi connectivity index (χ3v) is 3.59. The lowest BCUT2D eigenvalue weighted by Crippen LogP contribution is -2.30. The molecule has 1 heterocycles. The van der Waals surface area contributed by atoms with Crippen LogP contribution in [0.2, 0.25) is 10.0 Å². The number of anilines is 1. The highest BCUT2D eigenvalue weighted by molar-refractivity contribution is 6.35. The molecule has 1 unspecified atom stereocenters. The molecule has 0 saturated heterocycles. The van der Waals surface area contributed by atoms with Crippen LogP contribution in [0, 0.1) is 0 Å². The van der Waals surface area contributed by atoms with E-state index in [1.165, 1.54) is 0 Å². The number of fused-ring (bicyclic) bond motifs is 1. The number of ether oxygens (including phenoxy) is 3.